The molecule has 0 unspecified atom stereocenters. The van der Waals surface area contributed by atoms with E-state index in [-0.39, 0.29) is 11.8 Å². The summed E-state index contributed by atoms with van der Waals surface area (Å²) in [7, 11) is 0. The molecular weight excluding hydrogens is 354 g/mol. The molecule has 7 nitrogen and oxygen atoms in total. The molecule has 0 bridgehead atoms. The SMILES string of the molecule is CCCN(CCC)C(=O)c1nc(C(=O)N2CCN(CC)CC2)c2ccccn12. The number of aromatic nitrogens is 2. The van der Waals surface area contributed by atoms with Crippen LogP contribution < -0.4 is 0 Å². The lowest BCUT2D eigenvalue weighted by atomic mass is 10.2. The molecule has 152 valence electrons. The average Bonchev–Trinajstić information content (AvgIpc) is 3.12. The number of fused-ring (bicyclic) bond motifs is 1. The van der Waals surface area contributed by atoms with Crippen LogP contribution in [-0.4, -0.2) is 81.7 Å². The van der Waals surface area contributed by atoms with E-state index in [0.717, 1.165) is 32.5 Å². The van der Waals surface area contributed by atoms with Crippen molar-refractivity contribution in [1.29, 1.82) is 0 Å². The summed E-state index contributed by atoms with van der Waals surface area (Å²) in [6.07, 6.45) is 3.60. The van der Waals surface area contributed by atoms with Gasteiger partial charge >= 0.3 is 0 Å². The number of amides is 2. The molecule has 7 heteroatoms. The zero-order valence-corrected chi connectivity index (χ0v) is 17.2. The van der Waals surface area contributed by atoms with Gasteiger partial charge in [-0.05, 0) is 31.5 Å². The first-order chi connectivity index (χ1) is 13.6. The van der Waals surface area contributed by atoms with Gasteiger partial charge in [-0.1, -0.05) is 26.8 Å². The van der Waals surface area contributed by atoms with E-state index in [2.05, 4.69) is 30.7 Å². The van der Waals surface area contributed by atoms with Gasteiger partial charge in [-0.3, -0.25) is 14.0 Å². The standard InChI is InChI=1S/C21H31N5O2/c1-4-10-24(11-5-2)21(28)19-22-18(17-9-7-8-12-26(17)19)20(27)25-15-13-23(6-3)14-16-25/h7-9,12H,4-6,10-11,13-16H2,1-3H3. The maximum absolute atomic E-state index is 13.2. The van der Waals surface area contributed by atoms with Crippen molar-refractivity contribution in [3.8, 4) is 0 Å². The van der Waals surface area contributed by atoms with Crippen LogP contribution >= 0.6 is 0 Å². The summed E-state index contributed by atoms with van der Waals surface area (Å²) in [6, 6.07) is 5.61. The van der Waals surface area contributed by atoms with E-state index in [1.165, 1.54) is 0 Å². The fourth-order valence-corrected chi connectivity index (χ4v) is 3.76. The van der Waals surface area contributed by atoms with E-state index >= 15 is 0 Å². The van der Waals surface area contributed by atoms with Gasteiger partial charge in [0.2, 0.25) is 5.82 Å². The fourth-order valence-electron chi connectivity index (χ4n) is 3.76. The second-order valence-electron chi connectivity index (χ2n) is 7.26. The van der Waals surface area contributed by atoms with Crippen LogP contribution in [0.15, 0.2) is 24.4 Å². The molecule has 2 aromatic rings. The van der Waals surface area contributed by atoms with Crippen LogP contribution in [0.3, 0.4) is 0 Å². The number of piperazine rings is 1. The van der Waals surface area contributed by atoms with E-state index < -0.39 is 0 Å². The predicted molar refractivity (Wildman–Crippen MR) is 110 cm³/mol. The van der Waals surface area contributed by atoms with Crippen molar-refractivity contribution in [3.63, 3.8) is 0 Å². The summed E-state index contributed by atoms with van der Waals surface area (Å²) in [5, 5.41) is 0. The Bertz CT molecular complexity index is 817. The second kappa shape index (κ2) is 9.19. The first kappa shape index (κ1) is 20.3. The second-order valence-corrected chi connectivity index (χ2v) is 7.26. The van der Waals surface area contributed by atoms with E-state index in [0.29, 0.717) is 43.2 Å². The molecule has 1 aliphatic rings. The minimum atomic E-state index is -0.111. The zero-order valence-electron chi connectivity index (χ0n) is 17.2. The summed E-state index contributed by atoms with van der Waals surface area (Å²) in [6.45, 7) is 11.8. The molecule has 0 aromatic carbocycles. The van der Waals surface area contributed by atoms with E-state index in [1.807, 2.05) is 34.2 Å². The van der Waals surface area contributed by atoms with Crippen LogP contribution in [0.5, 0.6) is 0 Å². The number of carbonyl (C=O) groups excluding carboxylic acids is 2. The minimum Gasteiger partial charge on any atom is -0.336 e. The largest absolute Gasteiger partial charge is 0.336 e. The molecule has 2 amide bonds. The molecule has 0 spiro atoms. The lowest BCUT2D eigenvalue weighted by Crippen LogP contribution is -2.48. The molecule has 1 aliphatic heterocycles. The molecule has 2 aromatic heterocycles. The Balaban J connectivity index is 1.92. The minimum absolute atomic E-state index is 0.0870. The van der Waals surface area contributed by atoms with Gasteiger partial charge in [0.25, 0.3) is 11.8 Å². The number of likely N-dealkylation sites (N-methyl/N-ethyl adjacent to an activating group) is 1. The molecule has 1 saturated heterocycles. The highest BCUT2D eigenvalue weighted by molar-refractivity contribution is 6.02. The lowest BCUT2D eigenvalue weighted by Gasteiger charge is -2.33. The van der Waals surface area contributed by atoms with E-state index in [1.54, 1.807) is 4.40 Å². The van der Waals surface area contributed by atoms with Gasteiger partial charge in [0.1, 0.15) is 0 Å². The molecule has 0 N–H and O–H groups in total. The van der Waals surface area contributed by atoms with Crippen molar-refractivity contribution in [2.45, 2.75) is 33.6 Å². The van der Waals surface area contributed by atoms with Crippen LogP contribution in [0, 0.1) is 0 Å². The van der Waals surface area contributed by atoms with Gasteiger partial charge in [0.05, 0.1) is 5.52 Å². The summed E-state index contributed by atoms with van der Waals surface area (Å²) in [5.74, 6) is 0.129. The van der Waals surface area contributed by atoms with Crippen molar-refractivity contribution in [1.82, 2.24) is 24.1 Å². The summed E-state index contributed by atoms with van der Waals surface area (Å²) < 4.78 is 1.76. The summed E-state index contributed by atoms with van der Waals surface area (Å²) in [5.41, 5.74) is 1.07. The maximum Gasteiger partial charge on any atom is 0.290 e. The summed E-state index contributed by atoms with van der Waals surface area (Å²) in [4.78, 5) is 36.9. The molecular formula is C21H31N5O2. The quantitative estimate of drug-likeness (QED) is 0.734. The molecule has 0 atom stereocenters. The molecule has 3 rings (SSSR count). The Morgan fingerprint density at radius 2 is 1.71 bits per heavy atom. The molecule has 1 fully saturated rings. The van der Waals surface area contributed by atoms with E-state index in [9.17, 15) is 9.59 Å². The Labute approximate surface area is 166 Å². The Kier molecular flexibility index (Phi) is 6.67. The first-order valence-corrected chi connectivity index (χ1v) is 10.4. The van der Waals surface area contributed by atoms with Crippen molar-refractivity contribution in [2.75, 3.05) is 45.8 Å². The lowest BCUT2D eigenvalue weighted by molar-refractivity contribution is 0.0640. The van der Waals surface area contributed by atoms with Crippen LogP contribution in [0.25, 0.3) is 5.52 Å². The summed E-state index contributed by atoms with van der Waals surface area (Å²) >= 11 is 0. The van der Waals surface area contributed by atoms with E-state index in [4.69, 9.17) is 0 Å². The van der Waals surface area contributed by atoms with Crippen LogP contribution in [0.2, 0.25) is 0 Å². The van der Waals surface area contributed by atoms with Gasteiger partial charge in [-0.25, -0.2) is 4.98 Å². The fraction of sp³-hybridized carbons (Fsp3) is 0.571. The monoisotopic (exact) mass is 385 g/mol. The highest BCUT2D eigenvalue weighted by atomic mass is 16.2. The number of pyridine rings is 1. The predicted octanol–water partition coefficient (Wildman–Crippen LogP) is 2.37. The Hall–Kier alpha value is -2.41. The molecule has 3 heterocycles. The number of carbonyl (C=O) groups is 2. The van der Waals surface area contributed by atoms with Crippen LogP contribution in [0.1, 0.15) is 54.7 Å². The van der Waals surface area contributed by atoms with Crippen LogP contribution in [-0.2, 0) is 0 Å². The molecule has 0 aliphatic carbocycles. The van der Waals surface area contributed by atoms with Gasteiger partial charge < -0.3 is 14.7 Å². The highest BCUT2D eigenvalue weighted by Gasteiger charge is 2.28. The van der Waals surface area contributed by atoms with Gasteiger partial charge in [0, 0.05) is 45.5 Å². The third kappa shape index (κ3) is 4.04. The average molecular weight is 386 g/mol. The van der Waals surface area contributed by atoms with Crippen molar-refractivity contribution >= 4 is 17.3 Å². The topological polar surface area (TPSA) is 61.2 Å². The number of rotatable bonds is 7. The zero-order chi connectivity index (χ0) is 20.1. The smallest absolute Gasteiger partial charge is 0.290 e. The first-order valence-electron chi connectivity index (χ1n) is 10.4. The normalized spacial score (nSPS) is 15.2. The van der Waals surface area contributed by atoms with Crippen molar-refractivity contribution in [3.05, 3.63) is 35.9 Å². The molecule has 0 radical (unpaired) electrons. The number of hydrogen-bond donors (Lipinski definition) is 0. The van der Waals surface area contributed by atoms with Crippen molar-refractivity contribution < 1.29 is 9.59 Å². The van der Waals surface area contributed by atoms with Crippen LogP contribution in [0.4, 0.5) is 0 Å². The van der Waals surface area contributed by atoms with Gasteiger partial charge in [0.15, 0.2) is 5.69 Å². The third-order valence-electron chi connectivity index (χ3n) is 5.32. The van der Waals surface area contributed by atoms with Gasteiger partial charge in [-0.2, -0.15) is 0 Å². The Morgan fingerprint density at radius 3 is 2.32 bits per heavy atom. The molecule has 0 saturated carbocycles. The highest BCUT2D eigenvalue weighted by Crippen LogP contribution is 2.18. The Morgan fingerprint density at radius 1 is 1.04 bits per heavy atom. The van der Waals surface area contributed by atoms with Gasteiger partial charge in [-0.15, -0.1) is 0 Å². The number of imidazole rings is 1. The molecule has 28 heavy (non-hydrogen) atoms. The number of nitrogens with zero attached hydrogens (tertiary/aromatic N) is 5. The number of hydrogen-bond acceptors (Lipinski definition) is 4. The maximum atomic E-state index is 13.2. The van der Waals surface area contributed by atoms with Crippen molar-refractivity contribution in [2.24, 2.45) is 0 Å². The third-order valence-corrected chi connectivity index (χ3v) is 5.32.